The molecule has 0 radical (unpaired) electrons. The number of halogens is 5. The average Bonchev–Trinajstić information content (AvgIpc) is 3.47. The lowest BCUT2D eigenvalue weighted by Crippen LogP contribution is -2.34. The van der Waals surface area contributed by atoms with Crippen molar-refractivity contribution in [3.05, 3.63) is 106 Å². The van der Waals surface area contributed by atoms with E-state index in [2.05, 4.69) is 10.2 Å². The first-order valence-corrected chi connectivity index (χ1v) is 10.7. The van der Waals surface area contributed by atoms with Crippen molar-refractivity contribution in [3.8, 4) is 11.5 Å². The van der Waals surface area contributed by atoms with E-state index in [1.807, 2.05) is 0 Å². The van der Waals surface area contributed by atoms with Crippen LogP contribution in [0.15, 0.2) is 65.1 Å². The van der Waals surface area contributed by atoms with Gasteiger partial charge in [-0.15, -0.1) is 10.2 Å². The fraction of sp³-hybridized carbons (Fsp3) is 0.160. The number of hydrogen-bond acceptors (Lipinski definition) is 5. The first kappa shape index (κ1) is 23.6. The predicted molar refractivity (Wildman–Crippen MR) is 115 cm³/mol. The van der Waals surface area contributed by atoms with Crippen LogP contribution in [-0.2, 0) is 6.54 Å². The van der Waals surface area contributed by atoms with Crippen LogP contribution < -0.4 is 0 Å². The largest absolute Gasteiger partial charge is 0.415 e. The van der Waals surface area contributed by atoms with Gasteiger partial charge in [0.15, 0.2) is 0 Å². The Kier molecular flexibility index (Phi) is 6.00. The van der Waals surface area contributed by atoms with Gasteiger partial charge < -0.3 is 14.4 Å². The van der Waals surface area contributed by atoms with Gasteiger partial charge in [-0.25, -0.2) is 13.2 Å². The number of rotatable bonds is 6. The van der Waals surface area contributed by atoms with Gasteiger partial charge in [0.1, 0.15) is 23.6 Å². The maximum absolute atomic E-state index is 14.9. The van der Waals surface area contributed by atoms with E-state index in [4.69, 9.17) is 4.42 Å². The van der Waals surface area contributed by atoms with Crippen LogP contribution in [0.5, 0.6) is 0 Å². The highest BCUT2D eigenvalue weighted by molar-refractivity contribution is 5.99. The molecule has 0 unspecified atom stereocenters. The monoisotopic (exact) mass is 501 g/mol. The van der Waals surface area contributed by atoms with E-state index in [0.717, 1.165) is 24.3 Å². The van der Waals surface area contributed by atoms with E-state index in [1.54, 1.807) is 6.07 Å². The summed E-state index contributed by atoms with van der Waals surface area (Å²) in [4.78, 5) is 14.7. The number of aliphatic hydroxyl groups excluding tert-OH is 1. The number of aliphatic hydroxyl groups is 1. The summed E-state index contributed by atoms with van der Waals surface area (Å²) in [5.41, 5.74) is 0.944. The SMILES string of the molecule is O=C1c2cc(-c3nnc(C(F)F)o3)ccc2CN1[C@@H](c1ccc(F)cc1F)[C@H](O)c1ccc(F)cc1. The highest BCUT2D eigenvalue weighted by Gasteiger charge is 2.39. The Bertz CT molecular complexity index is 1440. The van der Waals surface area contributed by atoms with E-state index in [1.165, 1.54) is 29.2 Å². The first-order chi connectivity index (χ1) is 17.2. The third-order valence-electron chi connectivity index (χ3n) is 5.94. The van der Waals surface area contributed by atoms with Gasteiger partial charge >= 0.3 is 6.43 Å². The third kappa shape index (κ3) is 4.22. The number of benzene rings is 3. The molecule has 0 fully saturated rings. The molecule has 184 valence electrons. The molecule has 1 N–H and O–H groups in total. The van der Waals surface area contributed by atoms with Crippen molar-refractivity contribution in [2.24, 2.45) is 0 Å². The van der Waals surface area contributed by atoms with Crippen LogP contribution in [0.3, 0.4) is 0 Å². The number of carbonyl (C=O) groups excluding carboxylic acids is 1. The maximum atomic E-state index is 14.9. The minimum atomic E-state index is -2.96. The molecule has 36 heavy (non-hydrogen) atoms. The maximum Gasteiger partial charge on any atom is 0.314 e. The molecule has 1 aliphatic rings. The van der Waals surface area contributed by atoms with Crippen LogP contribution in [0.25, 0.3) is 11.5 Å². The van der Waals surface area contributed by atoms with Crippen LogP contribution in [0.1, 0.15) is 51.5 Å². The lowest BCUT2D eigenvalue weighted by Gasteiger charge is -2.32. The van der Waals surface area contributed by atoms with E-state index < -0.39 is 47.8 Å². The quantitative estimate of drug-likeness (QED) is 0.352. The molecule has 3 aromatic carbocycles. The summed E-state index contributed by atoms with van der Waals surface area (Å²) in [5, 5.41) is 18.0. The summed E-state index contributed by atoms with van der Waals surface area (Å²) in [6.45, 7) is -0.0414. The second-order valence-electron chi connectivity index (χ2n) is 8.16. The topological polar surface area (TPSA) is 79.5 Å². The summed E-state index contributed by atoms with van der Waals surface area (Å²) in [6.07, 6.45) is -4.45. The smallest absolute Gasteiger partial charge is 0.314 e. The number of carbonyl (C=O) groups is 1. The highest BCUT2D eigenvalue weighted by Crippen LogP contribution is 2.41. The van der Waals surface area contributed by atoms with Crippen LogP contribution in [-0.4, -0.2) is 26.1 Å². The van der Waals surface area contributed by atoms with Crippen LogP contribution >= 0.6 is 0 Å². The Morgan fingerprint density at radius 3 is 2.31 bits per heavy atom. The molecule has 6 nitrogen and oxygen atoms in total. The van der Waals surface area contributed by atoms with Gasteiger partial charge in [-0.3, -0.25) is 4.79 Å². The van der Waals surface area contributed by atoms with E-state index in [0.29, 0.717) is 11.6 Å². The van der Waals surface area contributed by atoms with Crippen LogP contribution in [0.2, 0.25) is 0 Å². The molecule has 1 aliphatic heterocycles. The van der Waals surface area contributed by atoms with Gasteiger partial charge in [-0.05, 0) is 41.5 Å². The molecule has 0 saturated carbocycles. The lowest BCUT2D eigenvalue weighted by atomic mass is 9.94. The zero-order valence-electron chi connectivity index (χ0n) is 18.2. The molecular formula is C25H16F5N3O3. The van der Waals surface area contributed by atoms with Crippen molar-refractivity contribution in [1.29, 1.82) is 0 Å². The summed E-state index contributed by atoms with van der Waals surface area (Å²) >= 11 is 0. The van der Waals surface area contributed by atoms with E-state index in [9.17, 15) is 31.9 Å². The van der Waals surface area contributed by atoms with Crippen molar-refractivity contribution in [2.75, 3.05) is 0 Å². The zero-order valence-corrected chi connectivity index (χ0v) is 18.2. The first-order valence-electron chi connectivity index (χ1n) is 10.7. The molecular weight excluding hydrogens is 485 g/mol. The zero-order chi connectivity index (χ0) is 25.6. The van der Waals surface area contributed by atoms with E-state index >= 15 is 0 Å². The third-order valence-corrected chi connectivity index (χ3v) is 5.94. The Morgan fingerprint density at radius 2 is 1.64 bits per heavy atom. The normalized spacial score (nSPS) is 14.9. The second kappa shape index (κ2) is 9.15. The number of fused-ring (bicyclic) bond motifs is 1. The summed E-state index contributed by atoms with van der Waals surface area (Å²) in [7, 11) is 0. The van der Waals surface area contributed by atoms with Crippen LogP contribution in [0, 0.1) is 17.5 Å². The molecule has 2 atom stereocenters. The lowest BCUT2D eigenvalue weighted by molar-refractivity contribution is 0.0349. The van der Waals surface area contributed by atoms with E-state index in [-0.39, 0.29) is 34.7 Å². The average molecular weight is 501 g/mol. The molecule has 1 amide bonds. The molecule has 0 saturated heterocycles. The predicted octanol–water partition coefficient (Wildman–Crippen LogP) is 5.52. The molecule has 0 bridgehead atoms. The second-order valence-corrected chi connectivity index (χ2v) is 8.16. The molecule has 5 rings (SSSR count). The fourth-order valence-corrected chi connectivity index (χ4v) is 4.21. The number of aromatic nitrogens is 2. The van der Waals surface area contributed by atoms with Crippen LogP contribution in [0.4, 0.5) is 22.0 Å². The van der Waals surface area contributed by atoms with Gasteiger partial charge in [-0.1, -0.05) is 24.3 Å². The number of nitrogens with zero attached hydrogens (tertiary/aromatic N) is 3. The molecule has 1 aromatic heterocycles. The van der Waals surface area contributed by atoms with Gasteiger partial charge in [0.2, 0.25) is 5.89 Å². The van der Waals surface area contributed by atoms with Crippen molar-refractivity contribution >= 4 is 5.91 Å². The molecule has 2 heterocycles. The standard InChI is InChI=1S/C25H16F5N3O3/c26-15-5-3-12(4-6-15)21(34)20(17-8-7-16(27)10-19(17)28)33-11-14-2-1-13(9-18(14)25(33)35)23-31-32-24(36-23)22(29)30/h1-10,20-22,34H,11H2/t20-,21+/m0/s1. The molecule has 0 aliphatic carbocycles. The van der Waals surface area contributed by atoms with Crippen molar-refractivity contribution in [2.45, 2.75) is 25.1 Å². The fourth-order valence-electron chi connectivity index (χ4n) is 4.21. The Balaban J connectivity index is 1.54. The van der Waals surface area contributed by atoms with Gasteiger partial charge in [0.05, 0.1) is 6.04 Å². The minimum Gasteiger partial charge on any atom is -0.415 e. The summed E-state index contributed by atoms with van der Waals surface area (Å²) < 4.78 is 72.5. The molecule has 11 heteroatoms. The summed E-state index contributed by atoms with van der Waals surface area (Å²) in [5.74, 6) is -4.05. The Hall–Kier alpha value is -4.12. The highest BCUT2D eigenvalue weighted by atomic mass is 19.3. The van der Waals surface area contributed by atoms with Crippen molar-refractivity contribution in [1.82, 2.24) is 15.1 Å². The van der Waals surface area contributed by atoms with Gasteiger partial charge in [0, 0.05) is 29.3 Å². The van der Waals surface area contributed by atoms with Gasteiger partial charge in [0.25, 0.3) is 11.8 Å². The number of alkyl halides is 2. The minimum absolute atomic E-state index is 0.0414. The number of hydrogen-bond donors (Lipinski definition) is 1. The molecule has 4 aromatic rings. The molecule has 0 spiro atoms. The van der Waals surface area contributed by atoms with Crippen molar-refractivity contribution in [3.63, 3.8) is 0 Å². The van der Waals surface area contributed by atoms with Gasteiger partial charge in [-0.2, -0.15) is 8.78 Å². The Labute approximate surface area is 200 Å². The van der Waals surface area contributed by atoms with Crippen molar-refractivity contribution < 1.29 is 36.3 Å². The summed E-state index contributed by atoms with van der Waals surface area (Å²) in [6, 6.07) is 10.7. The number of amides is 1. The Morgan fingerprint density at radius 1 is 0.917 bits per heavy atom.